The van der Waals surface area contributed by atoms with Crippen molar-refractivity contribution >= 4 is 35.3 Å². The van der Waals surface area contributed by atoms with E-state index in [1.807, 2.05) is 13.8 Å². The molecule has 1 aliphatic heterocycles. The zero-order valence-electron chi connectivity index (χ0n) is 16.9. The molecule has 2 aliphatic rings. The van der Waals surface area contributed by atoms with E-state index in [0.29, 0.717) is 4.90 Å². The number of amides is 4. The summed E-state index contributed by atoms with van der Waals surface area (Å²) in [5.74, 6) is -1.37. The SMILES string of the molecule is CCC(C)Sc1ccc(NC(=O)CN2C(=O)NC(C)(C3CC3)C2=O)c(C(F)(F)F)c1. The molecule has 2 atom stereocenters. The molecular weight excluding hydrogens is 419 g/mol. The average molecular weight is 443 g/mol. The van der Waals surface area contributed by atoms with Gasteiger partial charge in [0.1, 0.15) is 12.1 Å². The molecule has 0 spiro atoms. The van der Waals surface area contributed by atoms with Crippen LogP contribution < -0.4 is 10.6 Å². The smallest absolute Gasteiger partial charge is 0.324 e. The molecule has 2 unspecified atom stereocenters. The molecule has 4 amide bonds. The second kappa shape index (κ2) is 8.13. The van der Waals surface area contributed by atoms with Crippen molar-refractivity contribution in [3.05, 3.63) is 23.8 Å². The number of thioether (sulfide) groups is 1. The fourth-order valence-corrected chi connectivity index (χ4v) is 4.35. The number of nitrogens with zero attached hydrogens (tertiary/aromatic N) is 1. The van der Waals surface area contributed by atoms with Crippen molar-refractivity contribution < 1.29 is 27.6 Å². The quantitative estimate of drug-likeness (QED) is 0.488. The molecule has 164 valence electrons. The number of hydrogen-bond acceptors (Lipinski definition) is 4. The minimum atomic E-state index is -4.67. The molecule has 1 saturated carbocycles. The Bertz CT molecular complexity index is 873. The van der Waals surface area contributed by atoms with E-state index in [1.54, 1.807) is 6.92 Å². The summed E-state index contributed by atoms with van der Waals surface area (Å²) in [4.78, 5) is 38.3. The molecule has 3 rings (SSSR count). The number of nitrogens with one attached hydrogen (secondary N) is 2. The van der Waals surface area contributed by atoms with Crippen LogP contribution in [0.3, 0.4) is 0 Å². The highest BCUT2D eigenvalue weighted by Gasteiger charge is 2.56. The lowest BCUT2D eigenvalue weighted by Crippen LogP contribution is -2.46. The largest absolute Gasteiger partial charge is 0.418 e. The number of imide groups is 1. The summed E-state index contributed by atoms with van der Waals surface area (Å²) in [5.41, 5.74) is -2.43. The molecule has 30 heavy (non-hydrogen) atoms. The normalized spacial score (nSPS) is 22.8. The monoisotopic (exact) mass is 443 g/mol. The number of urea groups is 1. The maximum atomic E-state index is 13.5. The van der Waals surface area contributed by atoms with E-state index in [4.69, 9.17) is 0 Å². The van der Waals surface area contributed by atoms with Crippen LogP contribution in [0.5, 0.6) is 0 Å². The van der Waals surface area contributed by atoms with E-state index in [9.17, 15) is 27.6 Å². The van der Waals surface area contributed by atoms with E-state index in [2.05, 4.69) is 10.6 Å². The maximum absolute atomic E-state index is 13.5. The zero-order chi connectivity index (χ0) is 22.3. The van der Waals surface area contributed by atoms with E-state index in [-0.39, 0.29) is 11.2 Å². The number of rotatable bonds is 7. The van der Waals surface area contributed by atoms with Crippen LogP contribution in [0.25, 0.3) is 0 Å². The summed E-state index contributed by atoms with van der Waals surface area (Å²) in [5, 5.41) is 4.96. The number of carbonyl (C=O) groups excluding carboxylic acids is 3. The zero-order valence-corrected chi connectivity index (χ0v) is 17.7. The van der Waals surface area contributed by atoms with Gasteiger partial charge in [-0.2, -0.15) is 13.2 Å². The van der Waals surface area contributed by atoms with Gasteiger partial charge in [-0.25, -0.2) is 4.79 Å². The average Bonchev–Trinajstić information content (AvgIpc) is 3.48. The first-order chi connectivity index (χ1) is 14.0. The molecule has 6 nitrogen and oxygen atoms in total. The second-order valence-electron chi connectivity index (χ2n) is 7.89. The van der Waals surface area contributed by atoms with Gasteiger partial charge in [-0.05, 0) is 50.3 Å². The molecule has 1 aromatic rings. The van der Waals surface area contributed by atoms with Crippen molar-refractivity contribution in [3.63, 3.8) is 0 Å². The van der Waals surface area contributed by atoms with E-state index >= 15 is 0 Å². The fraction of sp³-hybridized carbons (Fsp3) is 0.550. The van der Waals surface area contributed by atoms with E-state index in [0.717, 1.165) is 30.2 Å². The standard InChI is InChI=1S/C20H24F3N3O3S/c1-4-11(2)30-13-7-8-15(14(9-13)20(21,22)23)24-16(27)10-26-17(28)19(3,12-5-6-12)25-18(26)29/h7-9,11-12H,4-6,10H2,1-3H3,(H,24,27)(H,25,29). The summed E-state index contributed by atoms with van der Waals surface area (Å²) in [6.07, 6.45) is -2.26. The van der Waals surface area contributed by atoms with Gasteiger partial charge in [0.25, 0.3) is 5.91 Å². The van der Waals surface area contributed by atoms with Crippen LogP contribution in [0.2, 0.25) is 0 Å². The predicted molar refractivity (Wildman–Crippen MR) is 107 cm³/mol. The van der Waals surface area contributed by atoms with E-state index < -0.39 is 47.4 Å². The highest BCUT2D eigenvalue weighted by Crippen LogP contribution is 2.42. The third-order valence-electron chi connectivity index (χ3n) is 5.48. The first-order valence-electron chi connectivity index (χ1n) is 9.77. The summed E-state index contributed by atoms with van der Waals surface area (Å²) >= 11 is 1.32. The minimum absolute atomic E-state index is 0.0226. The van der Waals surface area contributed by atoms with Gasteiger partial charge in [-0.1, -0.05) is 13.8 Å². The minimum Gasteiger partial charge on any atom is -0.324 e. The third-order valence-corrected chi connectivity index (χ3v) is 6.74. The van der Waals surface area contributed by atoms with Crippen molar-refractivity contribution in [2.75, 3.05) is 11.9 Å². The summed E-state index contributed by atoms with van der Waals surface area (Å²) in [6.45, 7) is 4.83. The molecule has 1 heterocycles. The van der Waals surface area contributed by atoms with Gasteiger partial charge in [0, 0.05) is 10.1 Å². The van der Waals surface area contributed by atoms with Gasteiger partial charge in [-0.3, -0.25) is 14.5 Å². The fourth-order valence-electron chi connectivity index (χ4n) is 3.39. The van der Waals surface area contributed by atoms with Crippen LogP contribution in [-0.2, 0) is 15.8 Å². The number of carbonyl (C=O) groups is 3. The Morgan fingerprint density at radius 2 is 2.03 bits per heavy atom. The number of hydrogen-bond donors (Lipinski definition) is 2. The van der Waals surface area contributed by atoms with Crippen LogP contribution >= 0.6 is 11.8 Å². The van der Waals surface area contributed by atoms with Crippen LogP contribution in [0, 0.1) is 5.92 Å². The topological polar surface area (TPSA) is 78.5 Å². The Morgan fingerprint density at radius 1 is 1.37 bits per heavy atom. The Labute approximate surface area is 176 Å². The van der Waals surface area contributed by atoms with Gasteiger partial charge >= 0.3 is 12.2 Å². The van der Waals surface area contributed by atoms with Crippen molar-refractivity contribution in [2.24, 2.45) is 5.92 Å². The molecule has 1 aliphatic carbocycles. The Morgan fingerprint density at radius 3 is 2.60 bits per heavy atom. The van der Waals surface area contributed by atoms with Crippen molar-refractivity contribution in [1.29, 1.82) is 0 Å². The molecular formula is C20H24F3N3O3S. The summed E-state index contributed by atoms with van der Waals surface area (Å²) in [7, 11) is 0. The summed E-state index contributed by atoms with van der Waals surface area (Å²) < 4.78 is 40.6. The maximum Gasteiger partial charge on any atom is 0.418 e. The summed E-state index contributed by atoms with van der Waals surface area (Å²) in [6, 6.07) is 3.01. The van der Waals surface area contributed by atoms with Gasteiger partial charge in [0.15, 0.2) is 0 Å². The van der Waals surface area contributed by atoms with Crippen LogP contribution in [0.4, 0.5) is 23.7 Å². The number of alkyl halides is 3. The number of halogens is 3. The van der Waals surface area contributed by atoms with Gasteiger partial charge in [0.2, 0.25) is 5.91 Å². The van der Waals surface area contributed by atoms with Gasteiger partial charge < -0.3 is 10.6 Å². The molecule has 10 heteroatoms. The van der Waals surface area contributed by atoms with Crippen molar-refractivity contribution in [3.8, 4) is 0 Å². The highest BCUT2D eigenvalue weighted by molar-refractivity contribution is 7.99. The predicted octanol–water partition coefficient (Wildman–Crippen LogP) is 4.26. The second-order valence-corrected chi connectivity index (χ2v) is 9.40. The van der Waals surface area contributed by atoms with Gasteiger partial charge in [0.05, 0.1) is 11.3 Å². The van der Waals surface area contributed by atoms with Crippen LogP contribution in [-0.4, -0.2) is 40.1 Å². The Hall–Kier alpha value is -2.23. The number of benzene rings is 1. The molecule has 1 saturated heterocycles. The Balaban J connectivity index is 1.74. The molecule has 0 bridgehead atoms. The third kappa shape index (κ3) is 4.58. The molecule has 1 aromatic carbocycles. The van der Waals surface area contributed by atoms with Crippen molar-refractivity contribution in [1.82, 2.24) is 10.2 Å². The van der Waals surface area contributed by atoms with Crippen LogP contribution in [0.15, 0.2) is 23.1 Å². The van der Waals surface area contributed by atoms with E-state index in [1.165, 1.54) is 23.9 Å². The first-order valence-corrected chi connectivity index (χ1v) is 10.7. The molecule has 0 aromatic heterocycles. The Kier molecular flexibility index (Phi) is 6.08. The van der Waals surface area contributed by atoms with Crippen molar-refractivity contribution in [2.45, 2.75) is 61.9 Å². The highest BCUT2D eigenvalue weighted by atomic mass is 32.2. The molecule has 2 fully saturated rings. The lowest BCUT2D eigenvalue weighted by molar-refractivity contribution is -0.137. The molecule has 0 radical (unpaired) electrons. The van der Waals surface area contributed by atoms with Crippen LogP contribution in [0.1, 0.15) is 45.6 Å². The lowest BCUT2D eigenvalue weighted by Gasteiger charge is -2.21. The number of anilines is 1. The lowest BCUT2D eigenvalue weighted by atomic mass is 9.96. The first kappa shape index (κ1) is 22.5. The van der Waals surface area contributed by atoms with Gasteiger partial charge in [-0.15, -0.1) is 11.8 Å². The molecule has 2 N–H and O–H groups in total.